The summed E-state index contributed by atoms with van der Waals surface area (Å²) in [5.74, 6) is 0.106. The molecule has 4 N–H and O–H groups in total. The van der Waals surface area contributed by atoms with E-state index in [-0.39, 0.29) is 18.0 Å². The fraction of sp³-hybridized carbons (Fsp3) is 0.462. The standard InChI is InChI=1S/C13H19N3O/c14-11-6-7-16(9-11)13(17)8-12(15)10-4-2-1-3-5-10/h1-5,11-12H,6-9,14-15H2/t11-,12+/m0/s1. The Kier molecular flexibility index (Phi) is 3.76. The number of carbonyl (C=O) groups excluding carboxylic acids is 1. The molecule has 4 nitrogen and oxygen atoms in total. The zero-order valence-electron chi connectivity index (χ0n) is 9.88. The van der Waals surface area contributed by atoms with Gasteiger partial charge in [-0.1, -0.05) is 30.3 Å². The predicted octanol–water partition coefficient (Wildman–Crippen LogP) is 0.636. The van der Waals surface area contributed by atoms with E-state index in [0.29, 0.717) is 13.0 Å². The van der Waals surface area contributed by atoms with Crippen molar-refractivity contribution in [1.29, 1.82) is 0 Å². The molecule has 0 aromatic heterocycles. The number of hydrogen-bond donors (Lipinski definition) is 2. The molecule has 1 aliphatic rings. The lowest BCUT2D eigenvalue weighted by atomic mass is 10.0. The van der Waals surface area contributed by atoms with Crippen LogP contribution in [0.5, 0.6) is 0 Å². The topological polar surface area (TPSA) is 72.3 Å². The second-order valence-corrected chi connectivity index (χ2v) is 4.61. The first-order chi connectivity index (χ1) is 8.16. The van der Waals surface area contributed by atoms with E-state index in [9.17, 15) is 4.79 Å². The fourth-order valence-electron chi connectivity index (χ4n) is 2.15. The van der Waals surface area contributed by atoms with Crippen molar-refractivity contribution in [3.63, 3.8) is 0 Å². The lowest BCUT2D eigenvalue weighted by Crippen LogP contribution is -2.33. The van der Waals surface area contributed by atoms with Gasteiger partial charge in [-0.05, 0) is 12.0 Å². The van der Waals surface area contributed by atoms with Crippen LogP contribution in [-0.2, 0) is 4.79 Å². The molecule has 2 atom stereocenters. The minimum absolute atomic E-state index is 0.106. The van der Waals surface area contributed by atoms with E-state index in [4.69, 9.17) is 11.5 Å². The third-order valence-corrected chi connectivity index (χ3v) is 3.20. The summed E-state index contributed by atoms with van der Waals surface area (Å²) in [6.07, 6.45) is 1.25. The average Bonchev–Trinajstić information content (AvgIpc) is 2.77. The molecule has 1 saturated heterocycles. The Morgan fingerprint density at radius 3 is 2.71 bits per heavy atom. The molecule has 0 spiro atoms. The summed E-state index contributed by atoms with van der Waals surface area (Å²) in [5, 5.41) is 0. The van der Waals surface area contributed by atoms with Crippen molar-refractivity contribution >= 4 is 5.91 Å². The van der Waals surface area contributed by atoms with Crippen molar-refractivity contribution in [2.45, 2.75) is 24.9 Å². The smallest absolute Gasteiger partial charge is 0.224 e. The van der Waals surface area contributed by atoms with Crippen molar-refractivity contribution < 1.29 is 4.79 Å². The highest BCUT2D eigenvalue weighted by molar-refractivity contribution is 5.77. The van der Waals surface area contributed by atoms with E-state index >= 15 is 0 Å². The van der Waals surface area contributed by atoms with Crippen LogP contribution in [0, 0.1) is 0 Å². The van der Waals surface area contributed by atoms with Gasteiger partial charge >= 0.3 is 0 Å². The van der Waals surface area contributed by atoms with Crippen LogP contribution < -0.4 is 11.5 Å². The molecule has 0 saturated carbocycles. The zero-order chi connectivity index (χ0) is 12.3. The van der Waals surface area contributed by atoms with Gasteiger partial charge in [-0.3, -0.25) is 4.79 Å². The van der Waals surface area contributed by atoms with Gasteiger partial charge < -0.3 is 16.4 Å². The van der Waals surface area contributed by atoms with Crippen LogP contribution in [0.4, 0.5) is 0 Å². The molecule has 2 rings (SSSR count). The molecule has 1 aliphatic heterocycles. The van der Waals surface area contributed by atoms with Gasteiger partial charge in [0.05, 0.1) is 0 Å². The highest BCUT2D eigenvalue weighted by Crippen LogP contribution is 2.16. The number of likely N-dealkylation sites (tertiary alicyclic amines) is 1. The molecule has 17 heavy (non-hydrogen) atoms. The molecule has 1 aromatic rings. The van der Waals surface area contributed by atoms with E-state index in [1.165, 1.54) is 0 Å². The molecular formula is C13H19N3O. The first kappa shape index (κ1) is 12.1. The molecule has 4 heteroatoms. The van der Waals surface area contributed by atoms with E-state index in [2.05, 4.69) is 0 Å². The van der Waals surface area contributed by atoms with Gasteiger partial charge in [-0.25, -0.2) is 0 Å². The van der Waals surface area contributed by atoms with Crippen LogP contribution in [0.25, 0.3) is 0 Å². The fourth-order valence-corrected chi connectivity index (χ4v) is 2.15. The third kappa shape index (κ3) is 3.05. The Hall–Kier alpha value is -1.39. The van der Waals surface area contributed by atoms with Gasteiger partial charge in [0, 0.05) is 31.6 Å². The Labute approximate surface area is 102 Å². The molecule has 1 fully saturated rings. The summed E-state index contributed by atoms with van der Waals surface area (Å²) in [4.78, 5) is 13.8. The molecule has 1 amide bonds. The van der Waals surface area contributed by atoms with Gasteiger partial charge in [0.25, 0.3) is 0 Å². The van der Waals surface area contributed by atoms with Gasteiger partial charge in [-0.2, -0.15) is 0 Å². The summed E-state index contributed by atoms with van der Waals surface area (Å²) in [6, 6.07) is 9.63. The van der Waals surface area contributed by atoms with E-state index in [0.717, 1.165) is 18.5 Å². The molecule has 1 aromatic carbocycles. The zero-order valence-corrected chi connectivity index (χ0v) is 9.88. The quantitative estimate of drug-likeness (QED) is 0.804. The molecule has 0 aliphatic carbocycles. The predicted molar refractivity (Wildman–Crippen MR) is 67.2 cm³/mol. The van der Waals surface area contributed by atoms with Gasteiger partial charge in [0.2, 0.25) is 5.91 Å². The van der Waals surface area contributed by atoms with Crippen molar-refractivity contribution in [3.05, 3.63) is 35.9 Å². The summed E-state index contributed by atoms with van der Waals surface area (Å²) < 4.78 is 0. The lowest BCUT2D eigenvalue weighted by Gasteiger charge is -2.18. The van der Waals surface area contributed by atoms with E-state index < -0.39 is 0 Å². The number of carbonyl (C=O) groups is 1. The minimum Gasteiger partial charge on any atom is -0.341 e. The number of hydrogen-bond acceptors (Lipinski definition) is 3. The van der Waals surface area contributed by atoms with Crippen LogP contribution >= 0.6 is 0 Å². The summed E-state index contributed by atoms with van der Waals surface area (Å²) in [5.41, 5.74) is 12.8. The highest BCUT2D eigenvalue weighted by atomic mass is 16.2. The van der Waals surface area contributed by atoms with Crippen LogP contribution in [0.1, 0.15) is 24.4 Å². The monoisotopic (exact) mass is 233 g/mol. The Morgan fingerprint density at radius 1 is 1.41 bits per heavy atom. The Balaban J connectivity index is 1.91. The average molecular weight is 233 g/mol. The molecule has 0 bridgehead atoms. The lowest BCUT2D eigenvalue weighted by molar-refractivity contribution is -0.130. The van der Waals surface area contributed by atoms with E-state index in [1.807, 2.05) is 35.2 Å². The molecule has 0 unspecified atom stereocenters. The molecule has 1 heterocycles. The SMILES string of the molecule is N[C@H]1CCN(C(=O)C[C@@H](N)c2ccccc2)C1. The number of rotatable bonds is 3. The van der Waals surface area contributed by atoms with Crippen LogP contribution in [0.3, 0.4) is 0 Å². The summed E-state index contributed by atoms with van der Waals surface area (Å²) in [6.45, 7) is 1.43. The summed E-state index contributed by atoms with van der Waals surface area (Å²) >= 11 is 0. The largest absolute Gasteiger partial charge is 0.341 e. The van der Waals surface area contributed by atoms with Gasteiger partial charge in [0.1, 0.15) is 0 Å². The minimum atomic E-state index is -0.222. The van der Waals surface area contributed by atoms with Crippen molar-refractivity contribution in [2.24, 2.45) is 11.5 Å². The number of nitrogens with two attached hydrogens (primary N) is 2. The first-order valence-electron chi connectivity index (χ1n) is 6.00. The van der Waals surface area contributed by atoms with Gasteiger partial charge in [0.15, 0.2) is 0 Å². The summed E-state index contributed by atoms with van der Waals surface area (Å²) in [7, 11) is 0. The number of benzene rings is 1. The maximum atomic E-state index is 12.0. The second kappa shape index (κ2) is 5.29. The molecular weight excluding hydrogens is 214 g/mol. The number of nitrogens with zero attached hydrogens (tertiary/aromatic N) is 1. The normalized spacial score (nSPS) is 21.5. The molecule has 92 valence electrons. The molecule has 0 radical (unpaired) electrons. The maximum Gasteiger partial charge on any atom is 0.224 e. The van der Waals surface area contributed by atoms with E-state index in [1.54, 1.807) is 0 Å². The number of amides is 1. The van der Waals surface area contributed by atoms with Crippen molar-refractivity contribution in [2.75, 3.05) is 13.1 Å². The first-order valence-corrected chi connectivity index (χ1v) is 6.00. The van der Waals surface area contributed by atoms with Crippen LogP contribution in [0.2, 0.25) is 0 Å². The van der Waals surface area contributed by atoms with Gasteiger partial charge in [-0.15, -0.1) is 0 Å². The van der Waals surface area contributed by atoms with Crippen molar-refractivity contribution in [1.82, 2.24) is 4.90 Å². The highest BCUT2D eigenvalue weighted by Gasteiger charge is 2.24. The van der Waals surface area contributed by atoms with Crippen LogP contribution in [-0.4, -0.2) is 29.9 Å². The Morgan fingerprint density at radius 2 is 2.12 bits per heavy atom. The van der Waals surface area contributed by atoms with Crippen molar-refractivity contribution in [3.8, 4) is 0 Å². The second-order valence-electron chi connectivity index (χ2n) is 4.61. The Bertz CT molecular complexity index is 380. The maximum absolute atomic E-state index is 12.0. The third-order valence-electron chi connectivity index (χ3n) is 3.20. The van der Waals surface area contributed by atoms with Crippen LogP contribution in [0.15, 0.2) is 30.3 Å².